The molecule has 0 aromatic heterocycles. The van der Waals surface area contributed by atoms with Crippen LogP contribution in [0.1, 0.15) is 10.4 Å². The quantitative estimate of drug-likeness (QED) is 0.782. The fourth-order valence-electron chi connectivity index (χ4n) is 1.24. The van der Waals surface area contributed by atoms with Crippen LogP contribution < -0.4 is 5.19 Å². The number of carbonyl (C=O) groups is 1. The molecule has 0 radical (unpaired) electrons. The SMILES string of the molecule is C[Si](C)(O)c1ccccc1C(=O)OCl. The molecule has 1 rings (SSSR count). The standard InChI is InChI=1S/C9H11ClO3Si/c1-14(2,12)8-6-4-3-5-7(8)9(11)13-10/h3-6,12H,1-2H3. The van der Waals surface area contributed by atoms with E-state index in [0.29, 0.717) is 10.8 Å². The van der Waals surface area contributed by atoms with Crippen LogP contribution in [-0.4, -0.2) is 19.1 Å². The van der Waals surface area contributed by atoms with Crippen LogP contribution in [0.15, 0.2) is 24.3 Å². The smallest absolute Gasteiger partial charge is 0.356 e. The molecule has 0 aliphatic heterocycles. The van der Waals surface area contributed by atoms with E-state index in [2.05, 4.69) is 4.29 Å². The van der Waals surface area contributed by atoms with Crippen molar-refractivity contribution in [3.63, 3.8) is 0 Å². The predicted octanol–water partition coefficient (Wildman–Crippen LogP) is 1.40. The third kappa shape index (κ3) is 2.34. The summed E-state index contributed by atoms with van der Waals surface area (Å²) in [6, 6.07) is 6.78. The average molecular weight is 231 g/mol. The van der Waals surface area contributed by atoms with E-state index in [1.165, 1.54) is 0 Å². The van der Waals surface area contributed by atoms with E-state index in [4.69, 9.17) is 11.9 Å². The number of benzene rings is 1. The lowest BCUT2D eigenvalue weighted by atomic mass is 10.2. The summed E-state index contributed by atoms with van der Waals surface area (Å²) >= 11 is 4.99. The van der Waals surface area contributed by atoms with Gasteiger partial charge in [0.05, 0.1) is 5.56 Å². The molecule has 0 aliphatic rings. The Hall–Kier alpha value is -0.843. The normalized spacial score (nSPS) is 11.1. The minimum absolute atomic E-state index is 0.335. The van der Waals surface area contributed by atoms with Gasteiger partial charge in [-0.15, -0.1) is 0 Å². The van der Waals surface area contributed by atoms with Gasteiger partial charge in [-0.3, -0.25) is 0 Å². The van der Waals surface area contributed by atoms with Crippen molar-refractivity contribution in [2.24, 2.45) is 0 Å². The molecule has 3 nitrogen and oxygen atoms in total. The van der Waals surface area contributed by atoms with Crippen molar-refractivity contribution in [1.29, 1.82) is 0 Å². The topological polar surface area (TPSA) is 46.5 Å². The Kier molecular flexibility index (Phi) is 3.31. The van der Waals surface area contributed by atoms with Crippen LogP contribution in [0.25, 0.3) is 0 Å². The molecule has 0 atom stereocenters. The molecular weight excluding hydrogens is 220 g/mol. The van der Waals surface area contributed by atoms with Crippen molar-refractivity contribution in [2.75, 3.05) is 0 Å². The molecule has 0 bridgehead atoms. The van der Waals surface area contributed by atoms with E-state index in [-0.39, 0.29) is 0 Å². The third-order valence-electron chi connectivity index (χ3n) is 1.88. The molecule has 0 heterocycles. The molecule has 0 saturated carbocycles. The van der Waals surface area contributed by atoms with Crippen LogP contribution in [0, 0.1) is 0 Å². The number of rotatable bonds is 2. The minimum Gasteiger partial charge on any atom is -0.428 e. The molecule has 0 saturated heterocycles. The molecule has 76 valence electrons. The molecule has 1 aromatic rings. The van der Waals surface area contributed by atoms with Crippen molar-refractivity contribution in [1.82, 2.24) is 0 Å². The largest absolute Gasteiger partial charge is 0.428 e. The Balaban J connectivity index is 3.23. The second-order valence-corrected chi connectivity index (χ2v) is 7.28. The second kappa shape index (κ2) is 4.12. The minimum atomic E-state index is -2.52. The van der Waals surface area contributed by atoms with Crippen LogP contribution >= 0.6 is 11.9 Å². The summed E-state index contributed by atoms with van der Waals surface area (Å²) in [4.78, 5) is 21.1. The van der Waals surface area contributed by atoms with Gasteiger partial charge >= 0.3 is 5.97 Å². The number of hydrogen-bond acceptors (Lipinski definition) is 3. The van der Waals surface area contributed by atoms with Crippen molar-refractivity contribution in [3.05, 3.63) is 29.8 Å². The summed E-state index contributed by atoms with van der Waals surface area (Å²) in [5, 5.41) is 0.630. The first kappa shape index (κ1) is 11.2. The Morgan fingerprint density at radius 3 is 2.50 bits per heavy atom. The number of hydrogen-bond donors (Lipinski definition) is 1. The zero-order chi connectivity index (χ0) is 10.8. The third-order valence-corrected chi connectivity index (χ3v) is 3.77. The summed E-state index contributed by atoms with van der Waals surface area (Å²) in [5.41, 5.74) is 0.335. The first-order valence-electron chi connectivity index (χ1n) is 4.11. The lowest BCUT2D eigenvalue weighted by Crippen LogP contribution is -2.44. The van der Waals surface area contributed by atoms with Gasteiger partial charge in [0.15, 0.2) is 0 Å². The van der Waals surface area contributed by atoms with Gasteiger partial charge < -0.3 is 9.08 Å². The lowest BCUT2D eigenvalue weighted by Gasteiger charge is -2.16. The van der Waals surface area contributed by atoms with E-state index in [0.717, 1.165) is 0 Å². The fraction of sp³-hybridized carbons (Fsp3) is 0.222. The molecule has 0 unspecified atom stereocenters. The van der Waals surface area contributed by atoms with Crippen molar-refractivity contribution < 1.29 is 13.9 Å². The zero-order valence-corrected chi connectivity index (χ0v) is 9.71. The van der Waals surface area contributed by atoms with Crippen molar-refractivity contribution in [2.45, 2.75) is 13.1 Å². The summed E-state index contributed by atoms with van der Waals surface area (Å²) in [7, 11) is -2.52. The first-order valence-corrected chi connectivity index (χ1v) is 7.37. The van der Waals surface area contributed by atoms with E-state index in [9.17, 15) is 9.59 Å². The Labute approximate surface area is 88.6 Å². The van der Waals surface area contributed by atoms with Gasteiger partial charge in [0.1, 0.15) is 11.9 Å². The monoisotopic (exact) mass is 230 g/mol. The summed E-state index contributed by atoms with van der Waals surface area (Å²) in [6.45, 7) is 3.46. The van der Waals surface area contributed by atoms with Gasteiger partial charge in [-0.2, -0.15) is 0 Å². The van der Waals surface area contributed by atoms with Crippen LogP contribution in [0.2, 0.25) is 13.1 Å². The summed E-state index contributed by atoms with van der Waals surface area (Å²) in [5.74, 6) is -0.628. The number of halogens is 1. The van der Waals surface area contributed by atoms with Gasteiger partial charge in [-0.1, -0.05) is 18.2 Å². The number of carbonyl (C=O) groups excluding carboxylic acids is 1. The predicted molar refractivity (Wildman–Crippen MR) is 57.0 cm³/mol. The van der Waals surface area contributed by atoms with Crippen LogP contribution in [-0.2, 0) is 4.29 Å². The second-order valence-electron chi connectivity index (χ2n) is 3.47. The van der Waals surface area contributed by atoms with E-state index < -0.39 is 14.3 Å². The molecule has 14 heavy (non-hydrogen) atoms. The summed E-state index contributed by atoms with van der Waals surface area (Å²) in [6.07, 6.45) is 0. The molecule has 0 amide bonds. The highest BCUT2D eigenvalue weighted by Crippen LogP contribution is 2.07. The molecule has 1 aromatic carbocycles. The Morgan fingerprint density at radius 2 is 2.00 bits per heavy atom. The van der Waals surface area contributed by atoms with Gasteiger partial charge in [-0.05, 0) is 24.3 Å². The molecule has 0 aliphatic carbocycles. The molecular formula is C9H11ClO3Si. The van der Waals surface area contributed by atoms with Gasteiger partial charge in [0, 0.05) is 0 Å². The van der Waals surface area contributed by atoms with Crippen molar-refractivity contribution >= 4 is 31.3 Å². The fourth-order valence-corrected chi connectivity index (χ4v) is 2.67. The zero-order valence-electron chi connectivity index (χ0n) is 7.95. The highest BCUT2D eigenvalue weighted by molar-refractivity contribution is 6.84. The van der Waals surface area contributed by atoms with E-state index in [1.807, 2.05) is 0 Å². The van der Waals surface area contributed by atoms with Gasteiger partial charge in [-0.25, -0.2) is 4.79 Å². The van der Waals surface area contributed by atoms with E-state index in [1.54, 1.807) is 37.4 Å². The van der Waals surface area contributed by atoms with Crippen LogP contribution in [0.5, 0.6) is 0 Å². The maximum absolute atomic E-state index is 11.2. The molecule has 0 spiro atoms. The molecule has 1 N–H and O–H groups in total. The highest BCUT2D eigenvalue weighted by Gasteiger charge is 2.26. The van der Waals surface area contributed by atoms with Gasteiger partial charge in [0.2, 0.25) is 8.32 Å². The lowest BCUT2D eigenvalue weighted by molar-refractivity contribution is 0.0752. The first-order chi connectivity index (χ1) is 6.46. The van der Waals surface area contributed by atoms with Crippen LogP contribution in [0.4, 0.5) is 0 Å². The summed E-state index contributed by atoms with van der Waals surface area (Å²) < 4.78 is 4.12. The molecule has 0 fully saturated rings. The van der Waals surface area contributed by atoms with E-state index >= 15 is 0 Å². The van der Waals surface area contributed by atoms with Gasteiger partial charge in [0.25, 0.3) is 0 Å². The maximum atomic E-state index is 11.2. The Bertz CT molecular complexity index is 346. The van der Waals surface area contributed by atoms with Crippen molar-refractivity contribution in [3.8, 4) is 0 Å². The Morgan fingerprint density at radius 1 is 1.43 bits per heavy atom. The van der Waals surface area contributed by atoms with Crippen LogP contribution in [0.3, 0.4) is 0 Å². The highest BCUT2D eigenvalue weighted by atomic mass is 35.5. The molecule has 5 heteroatoms. The maximum Gasteiger partial charge on any atom is 0.356 e. The average Bonchev–Trinajstić information content (AvgIpc) is 2.15.